The highest BCUT2D eigenvalue weighted by Crippen LogP contribution is 2.40. The number of rotatable bonds is 7. The lowest BCUT2D eigenvalue weighted by Crippen LogP contribution is -2.24. The van der Waals surface area contributed by atoms with Crippen molar-refractivity contribution in [2.24, 2.45) is 0 Å². The molecular weight excluding hydrogens is 504 g/mol. The monoisotopic (exact) mass is 528 g/mol. The zero-order valence-corrected chi connectivity index (χ0v) is 22.1. The molecule has 0 unspecified atom stereocenters. The number of methoxy groups -OCH3 is 3. The summed E-state index contributed by atoms with van der Waals surface area (Å²) in [6.45, 7) is 1.88. The second-order valence-corrected chi connectivity index (χ2v) is 8.86. The van der Waals surface area contributed by atoms with Crippen LogP contribution in [0.3, 0.4) is 0 Å². The minimum absolute atomic E-state index is 0.270. The fourth-order valence-corrected chi connectivity index (χ4v) is 4.50. The summed E-state index contributed by atoms with van der Waals surface area (Å²) in [4.78, 5) is 18.8. The molecular formula is C29H25ClN4O4. The van der Waals surface area contributed by atoms with Crippen molar-refractivity contribution in [2.75, 3.05) is 21.3 Å². The van der Waals surface area contributed by atoms with Crippen LogP contribution in [0.4, 0.5) is 0 Å². The molecule has 3 aromatic carbocycles. The van der Waals surface area contributed by atoms with E-state index in [4.69, 9.17) is 30.8 Å². The van der Waals surface area contributed by atoms with Gasteiger partial charge in [0.25, 0.3) is 5.56 Å². The predicted octanol–water partition coefficient (Wildman–Crippen LogP) is 5.73. The number of ether oxygens (including phenoxy) is 3. The highest BCUT2D eigenvalue weighted by molar-refractivity contribution is 6.31. The molecule has 8 nitrogen and oxygen atoms in total. The Bertz CT molecular complexity index is 1720. The van der Waals surface area contributed by atoms with Gasteiger partial charge in [-0.3, -0.25) is 4.79 Å². The Kier molecular flexibility index (Phi) is 6.89. The van der Waals surface area contributed by atoms with E-state index in [9.17, 15) is 4.79 Å². The number of hydrogen-bond donors (Lipinski definition) is 0. The maximum absolute atomic E-state index is 13.9. The number of para-hydroxylation sites is 1. The van der Waals surface area contributed by atoms with E-state index < -0.39 is 0 Å². The van der Waals surface area contributed by atoms with E-state index in [0.29, 0.717) is 44.8 Å². The van der Waals surface area contributed by atoms with Crippen LogP contribution in [0.15, 0.2) is 71.5 Å². The van der Waals surface area contributed by atoms with Gasteiger partial charge in [-0.1, -0.05) is 29.8 Å². The lowest BCUT2D eigenvalue weighted by atomic mass is 10.1. The summed E-state index contributed by atoms with van der Waals surface area (Å²) in [6.07, 6.45) is 3.58. The van der Waals surface area contributed by atoms with Crippen molar-refractivity contribution in [1.82, 2.24) is 19.3 Å². The third-order valence-corrected chi connectivity index (χ3v) is 6.28. The molecule has 0 amide bonds. The van der Waals surface area contributed by atoms with E-state index in [1.54, 1.807) is 56.4 Å². The molecule has 192 valence electrons. The lowest BCUT2D eigenvalue weighted by molar-refractivity contribution is 0.324. The third kappa shape index (κ3) is 4.50. The molecule has 0 radical (unpaired) electrons. The van der Waals surface area contributed by atoms with Crippen molar-refractivity contribution in [3.8, 4) is 28.8 Å². The van der Waals surface area contributed by atoms with Crippen LogP contribution in [0.25, 0.3) is 34.6 Å². The van der Waals surface area contributed by atoms with Gasteiger partial charge in [0, 0.05) is 16.7 Å². The molecule has 0 atom stereocenters. The van der Waals surface area contributed by atoms with E-state index in [0.717, 1.165) is 16.9 Å². The van der Waals surface area contributed by atoms with Gasteiger partial charge in [-0.15, -0.1) is 0 Å². The Balaban J connectivity index is 1.77. The quantitative estimate of drug-likeness (QED) is 0.268. The van der Waals surface area contributed by atoms with Crippen molar-refractivity contribution in [3.63, 3.8) is 0 Å². The smallest absolute Gasteiger partial charge is 0.267 e. The minimum Gasteiger partial charge on any atom is -0.493 e. The van der Waals surface area contributed by atoms with Gasteiger partial charge < -0.3 is 14.2 Å². The zero-order chi connectivity index (χ0) is 26.8. The van der Waals surface area contributed by atoms with Crippen molar-refractivity contribution < 1.29 is 14.2 Å². The Morgan fingerprint density at radius 1 is 0.868 bits per heavy atom. The van der Waals surface area contributed by atoms with E-state index >= 15 is 0 Å². The van der Waals surface area contributed by atoms with Gasteiger partial charge in [0.05, 0.1) is 43.6 Å². The number of aryl methyl sites for hydroxylation is 1. The van der Waals surface area contributed by atoms with Crippen LogP contribution in [-0.4, -0.2) is 40.7 Å². The molecule has 2 aromatic heterocycles. The number of hydrogen-bond acceptors (Lipinski definition) is 6. The number of benzene rings is 3. The molecule has 0 aliphatic carbocycles. The van der Waals surface area contributed by atoms with Gasteiger partial charge in [-0.2, -0.15) is 5.10 Å². The Labute approximate surface area is 224 Å². The zero-order valence-electron chi connectivity index (χ0n) is 21.3. The van der Waals surface area contributed by atoms with Gasteiger partial charge >= 0.3 is 0 Å². The number of nitrogens with zero attached hydrogens (tertiary/aromatic N) is 4. The van der Waals surface area contributed by atoms with Crippen molar-refractivity contribution in [3.05, 3.63) is 99.2 Å². The Morgan fingerprint density at radius 3 is 2.34 bits per heavy atom. The molecule has 0 saturated carbocycles. The van der Waals surface area contributed by atoms with E-state index in [2.05, 4.69) is 5.10 Å². The summed E-state index contributed by atoms with van der Waals surface area (Å²) in [5.74, 6) is 2.45. The van der Waals surface area contributed by atoms with E-state index in [1.165, 1.54) is 4.57 Å². The summed E-state index contributed by atoms with van der Waals surface area (Å²) in [6, 6.07) is 20.2. The first-order valence-electron chi connectivity index (χ1n) is 11.8. The molecule has 5 rings (SSSR count). The first-order chi connectivity index (χ1) is 18.4. The summed E-state index contributed by atoms with van der Waals surface area (Å²) < 4.78 is 19.8. The van der Waals surface area contributed by atoms with Crippen LogP contribution in [0.1, 0.15) is 17.1 Å². The molecule has 2 heterocycles. The standard InChI is InChI=1S/C29H25ClN4O4/c1-18-16-26(34(32-18)21-8-6-5-7-9-21)33-25(31-23-13-12-20(30)17-22(23)29(33)35)15-11-19-10-14-24(36-2)28(38-4)27(19)37-3/h5-17H,1-4H3/b15-11+. The van der Waals surface area contributed by atoms with Crippen LogP contribution >= 0.6 is 11.6 Å². The molecule has 0 spiro atoms. The largest absolute Gasteiger partial charge is 0.493 e. The summed E-state index contributed by atoms with van der Waals surface area (Å²) in [7, 11) is 4.67. The van der Waals surface area contributed by atoms with Gasteiger partial charge in [-0.05, 0) is 61.5 Å². The van der Waals surface area contributed by atoms with Crippen LogP contribution in [0.5, 0.6) is 17.2 Å². The van der Waals surface area contributed by atoms with Crippen molar-refractivity contribution >= 4 is 34.7 Å². The van der Waals surface area contributed by atoms with Gasteiger partial charge in [0.2, 0.25) is 5.75 Å². The molecule has 0 aliphatic heterocycles. The third-order valence-electron chi connectivity index (χ3n) is 6.05. The highest BCUT2D eigenvalue weighted by Gasteiger charge is 2.18. The minimum atomic E-state index is -0.270. The van der Waals surface area contributed by atoms with Crippen LogP contribution in [-0.2, 0) is 0 Å². The molecule has 0 aliphatic rings. The van der Waals surface area contributed by atoms with E-state index in [1.807, 2.05) is 55.5 Å². The maximum atomic E-state index is 13.9. The van der Waals surface area contributed by atoms with Gasteiger partial charge in [0.1, 0.15) is 11.6 Å². The average molecular weight is 529 g/mol. The predicted molar refractivity (Wildman–Crippen MR) is 149 cm³/mol. The molecule has 0 fully saturated rings. The SMILES string of the molecule is COc1ccc(/C=C/c2nc3ccc(Cl)cc3c(=O)n2-c2cc(C)nn2-c2ccccc2)c(OC)c1OC. The van der Waals surface area contributed by atoms with Crippen LogP contribution < -0.4 is 19.8 Å². The molecule has 0 saturated heterocycles. The summed E-state index contributed by atoms with van der Waals surface area (Å²) >= 11 is 6.24. The first kappa shape index (κ1) is 25.1. The first-order valence-corrected chi connectivity index (χ1v) is 12.1. The van der Waals surface area contributed by atoms with Crippen LogP contribution in [0.2, 0.25) is 5.02 Å². The highest BCUT2D eigenvalue weighted by atomic mass is 35.5. The lowest BCUT2D eigenvalue weighted by Gasteiger charge is -2.15. The molecule has 9 heteroatoms. The van der Waals surface area contributed by atoms with Gasteiger partial charge in [-0.25, -0.2) is 14.2 Å². The summed E-state index contributed by atoms with van der Waals surface area (Å²) in [5, 5.41) is 5.51. The maximum Gasteiger partial charge on any atom is 0.267 e. The Morgan fingerprint density at radius 2 is 1.63 bits per heavy atom. The number of halogens is 1. The van der Waals surface area contributed by atoms with Crippen molar-refractivity contribution in [1.29, 1.82) is 0 Å². The topological polar surface area (TPSA) is 80.4 Å². The fraction of sp³-hybridized carbons (Fsp3) is 0.138. The second kappa shape index (κ2) is 10.4. The fourth-order valence-electron chi connectivity index (χ4n) is 4.33. The summed E-state index contributed by atoms with van der Waals surface area (Å²) in [5.41, 5.74) is 2.53. The normalized spacial score (nSPS) is 11.3. The molecule has 0 N–H and O–H groups in total. The number of aromatic nitrogens is 4. The number of fused-ring (bicyclic) bond motifs is 1. The van der Waals surface area contributed by atoms with E-state index in [-0.39, 0.29) is 5.56 Å². The molecule has 5 aromatic rings. The molecule has 0 bridgehead atoms. The van der Waals surface area contributed by atoms with Gasteiger partial charge in [0.15, 0.2) is 11.5 Å². The Hall–Kier alpha value is -4.56. The average Bonchev–Trinajstić information content (AvgIpc) is 3.32. The van der Waals surface area contributed by atoms with Crippen LogP contribution in [0, 0.1) is 6.92 Å². The molecule has 38 heavy (non-hydrogen) atoms. The second-order valence-electron chi connectivity index (χ2n) is 8.42. The van der Waals surface area contributed by atoms with Crippen molar-refractivity contribution in [2.45, 2.75) is 6.92 Å².